The zero-order valence-corrected chi connectivity index (χ0v) is 41.8. The van der Waals surface area contributed by atoms with E-state index in [-0.39, 0.29) is 33.6 Å². The van der Waals surface area contributed by atoms with Gasteiger partial charge in [0.1, 0.15) is 41.7 Å². The van der Waals surface area contributed by atoms with Crippen LogP contribution < -0.4 is 10.9 Å². The number of halogens is 3. The Morgan fingerprint density at radius 3 is 1.41 bits per heavy atom. The molecule has 10 rings (SSSR count). The Hall–Kier alpha value is -6.59. The molecule has 0 unspecified atom stereocenters. The molecule has 4 N–H and O–H groups in total. The van der Waals surface area contributed by atoms with Gasteiger partial charge < -0.3 is 18.9 Å². The van der Waals surface area contributed by atoms with Crippen LogP contribution in [0.1, 0.15) is 0 Å². The van der Waals surface area contributed by atoms with E-state index in [1.54, 1.807) is 47.7 Å². The Bertz CT molecular complexity index is 3210. The van der Waals surface area contributed by atoms with E-state index in [2.05, 4.69) is 62.7 Å². The maximum Gasteiger partial charge on any atom is 0.526 e. The van der Waals surface area contributed by atoms with E-state index in [1.165, 1.54) is 71.2 Å². The lowest BCUT2D eigenvalue weighted by molar-refractivity contribution is -0.385. The number of fused-ring (bicyclic) bond motifs is 2. The Labute approximate surface area is 426 Å². The summed E-state index contributed by atoms with van der Waals surface area (Å²) in [7, 11) is -1.53. The number of nitro groups is 3. The number of hydrogen-bond acceptors (Lipinski definition) is 19. The van der Waals surface area contributed by atoms with E-state index >= 15 is 0 Å². The molecule has 5 aromatic heterocycles. The van der Waals surface area contributed by atoms with Gasteiger partial charge in [-0.15, -0.1) is 39.2 Å². The summed E-state index contributed by atoms with van der Waals surface area (Å²) in [6.07, 6.45) is 0. The average molecular weight is 1180 g/mol. The topological polar surface area (TPSA) is 279 Å². The number of para-hydroxylation sites is 2. The lowest BCUT2D eigenvalue weighted by atomic mass is 9.88. The van der Waals surface area contributed by atoms with Gasteiger partial charge in [-0.1, -0.05) is 36.4 Å². The van der Waals surface area contributed by atoms with Crippen LogP contribution in [-0.4, -0.2) is 57.3 Å². The highest BCUT2D eigenvalue weighted by Crippen LogP contribution is 2.33. The number of non-ortho nitro benzene ring substituents is 3. The van der Waals surface area contributed by atoms with Crippen molar-refractivity contribution >= 4 is 139 Å². The lowest BCUT2D eigenvalue weighted by Gasteiger charge is -2.05. The van der Waals surface area contributed by atoms with Gasteiger partial charge in [0, 0.05) is 74.4 Å². The second-order valence-electron chi connectivity index (χ2n) is 13.3. The van der Waals surface area contributed by atoms with E-state index < -0.39 is 21.9 Å². The van der Waals surface area contributed by atoms with Crippen LogP contribution >= 0.6 is 81.8 Å². The molecule has 0 aliphatic rings. The second kappa shape index (κ2) is 24.6. The predicted octanol–water partition coefficient (Wildman–Crippen LogP) is 12.6. The van der Waals surface area contributed by atoms with Crippen LogP contribution in [0.3, 0.4) is 0 Å². The van der Waals surface area contributed by atoms with E-state index in [4.69, 9.17) is 29.3 Å². The number of furan rings is 2. The highest BCUT2D eigenvalue weighted by atomic mass is 79.9. The first-order chi connectivity index (χ1) is 33.0. The zero-order valence-electron chi connectivity index (χ0n) is 34.6. The quantitative estimate of drug-likeness (QED) is 0.0625. The van der Waals surface area contributed by atoms with Gasteiger partial charge in [-0.25, -0.2) is 15.0 Å². The summed E-state index contributed by atoms with van der Waals surface area (Å²) in [5.74, 6) is 0.718. The molecule has 0 bridgehead atoms. The number of benzene rings is 5. The van der Waals surface area contributed by atoms with Gasteiger partial charge in [0.15, 0.2) is 9.68 Å². The molecule has 5 heterocycles. The standard InChI is InChI=1S/C17H10N2O3S.C9H5BrN2O2S.C8H7BO3.C6H6N2O4.C3HBr2NS/c20-19(21)13-7-5-11(6-8-13)17-18-14(10-23-17)16-9-12-3-1-2-4-15(12)22-16;10-8-5-15-9(11-8)6-1-3-7(4-2-6)12(13)14;10-9(11)8-5-6-3-1-2-4-7(6)12-8;9-7(10)5-1-2-6(4-3-5)8(11)12;4-2-1-7-3(5)6-2/h1-10H;1-5H;1-5,10-11H;1-4,9-10H;1H. The fourth-order valence-electron chi connectivity index (χ4n) is 5.54. The third kappa shape index (κ3) is 15.0. The summed E-state index contributed by atoms with van der Waals surface area (Å²) in [6, 6.07) is 36.2. The number of hydrogen-bond donors (Lipinski definition) is 4. The van der Waals surface area contributed by atoms with Crippen molar-refractivity contribution < 1.29 is 44.1 Å². The normalized spacial score (nSPS) is 10.3. The summed E-state index contributed by atoms with van der Waals surface area (Å²) in [5.41, 5.74) is 4.31. The maximum absolute atomic E-state index is 10.7. The smallest absolute Gasteiger partial charge is 0.465 e. The molecule has 0 spiro atoms. The van der Waals surface area contributed by atoms with Gasteiger partial charge >= 0.3 is 7.12 Å². The van der Waals surface area contributed by atoms with Crippen LogP contribution in [0.4, 0.5) is 22.7 Å². The van der Waals surface area contributed by atoms with Gasteiger partial charge in [-0.2, -0.15) is 0 Å². The van der Waals surface area contributed by atoms with E-state index in [0.717, 1.165) is 62.1 Å². The molecule has 0 atom stereocenters. The molecular formula is C43H29BBr3N7O12S3. The van der Waals surface area contributed by atoms with E-state index in [0.29, 0.717) is 5.58 Å². The third-order valence-corrected chi connectivity index (χ3v) is 13.3. The van der Waals surface area contributed by atoms with Crippen molar-refractivity contribution in [3.63, 3.8) is 0 Å². The van der Waals surface area contributed by atoms with Crippen molar-refractivity contribution in [2.24, 2.45) is 0 Å². The molecule has 26 heteroatoms. The van der Waals surface area contributed by atoms with Crippen molar-refractivity contribution in [1.29, 1.82) is 0 Å². The number of anilines is 1. The van der Waals surface area contributed by atoms with Crippen molar-refractivity contribution in [3.05, 3.63) is 193 Å². The fourth-order valence-corrected chi connectivity index (χ4v) is 9.29. The molecule has 10 aromatic rings. The van der Waals surface area contributed by atoms with Crippen LogP contribution in [0, 0.1) is 30.3 Å². The molecule has 0 aliphatic carbocycles. The van der Waals surface area contributed by atoms with Crippen molar-refractivity contribution in [2.75, 3.05) is 5.23 Å². The first-order valence-corrected chi connectivity index (χ1v) is 24.1. The summed E-state index contributed by atoms with van der Waals surface area (Å²) < 4.78 is 13.5. The number of rotatable bonds is 8. The third-order valence-electron chi connectivity index (χ3n) is 8.75. The summed E-state index contributed by atoms with van der Waals surface area (Å²) in [6.45, 7) is 0. The summed E-state index contributed by atoms with van der Waals surface area (Å²) >= 11 is 14.2. The van der Waals surface area contributed by atoms with Crippen LogP contribution in [0.15, 0.2) is 172 Å². The van der Waals surface area contributed by atoms with Crippen LogP contribution in [0.2, 0.25) is 0 Å². The van der Waals surface area contributed by atoms with Gasteiger partial charge in [-0.3, -0.25) is 40.8 Å². The number of thiazole rings is 3. The predicted molar refractivity (Wildman–Crippen MR) is 274 cm³/mol. The molecule has 0 aliphatic heterocycles. The zero-order chi connectivity index (χ0) is 49.6. The number of nitrogens with zero attached hydrogens (tertiary/aromatic N) is 7. The minimum absolute atomic E-state index is 0.0700. The summed E-state index contributed by atoms with van der Waals surface area (Å²) in [5, 5.41) is 75.0. The maximum atomic E-state index is 10.7. The molecule has 69 heavy (non-hydrogen) atoms. The Kier molecular flexibility index (Phi) is 18.5. The molecule has 5 aromatic carbocycles. The largest absolute Gasteiger partial charge is 0.526 e. The number of aromatic nitrogens is 3. The first-order valence-electron chi connectivity index (χ1n) is 19.1. The molecule has 19 nitrogen and oxygen atoms in total. The SMILES string of the molecule is Brc1csc(Br)n1.O=[N+]([O-])c1ccc(-c2nc(-c3cc4ccccc4o3)cs2)cc1.O=[N+]([O-])c1ccc(-c2nc(Br)cs2)cc1.O=[N+]([O-])c1ccc(N(O)O)cc1.OB(O)c1cc2ccccc2o1. The van der Waals surface area contributed by atoms with Crippen LogP contribution in [-0.2, 0) is 0 Å². The Morgan fingerprint density at radius 2 is 1.00 bits per heavy atom. The minimum Gasteiger partial charge on any atom is -0.465 e. The van der Waals surface area contributed by atoms with Gasteiger partial charge in [0.2, 0.25) is 0 Å². The fraction of sp³-hybridized carbons (Fsp3) is 0. The van der Waals surface area contributed by atoms with Crippen molar-refractivity contribution in [1.82, 2.24) is 15.0 Å². The van der Waals surface area contributed by atoms with Crippen LogP contribution in [0.25, 0.3) is 54.5 Å². The molecule has 0 saturated carbocycles. The highest BCUT2D eigenvalue weighted by Gasteiger charge is 2.17. The molecule has 0 amide bonds. The van der Waals surface area contributed by atoms with Crippen LogP contribution in [0.5, 0.6) is 0 Å². The lowest BCUT2D eigenvalue weighted by Crippen LogP contribution is -2.27. The Morgan fingerprint density at radius 1 is 0.551 bits per heavy atom. The first kappa shape index (κ1) is 51.8. The second-order valence-corrected chi connectivity index (χ2v) is 18.8. The monoisotopic (exact) mass is 1180 g/mol. The average Bonchev–Trinajstić information content (AvgIpc) is 4.21. The van der Waals surface area contributed by atoms with Gasteiger partial charge in [-0.05, 0) is 108 Å². The molecule has 350 valence electrons. The van der Waals surface area contributed by atoms with Crippen molar-refractivity contribution in [3.8, 4) is 32.6 Å². The Balaban J connectivity index is 0.000000149. The highest BCUT2D eigenvalue weighted by molar-refractivity contribution is 9.11. The summed E-state index contributed by atoms with van der Waals surface area (Å²) in [4.78, 5) is 42.7. The van der Waals surface area contributed by atoms with E-state index in [1.807, 2.05) is 64.7 Å². The molecule has 0 radical (unpaired) electrons. The molecule has 0 fully saturated rings. The molecule has 0 saturated heterocycles. The molecular weight excluding hydrogens is 1150 g/mol. The van der Waals surface area contributed by atoms with Crippen molar-refractivity contribution in [2.45, 2.75) is 0 Å². The van der Waals surface area contributed by atoms with E-state index in [9.17, 15) is 30.3 Å². The van der Waals surface area contributed by atoms with Gasteiger partial charge in [0.25, 0.3) is 17.1 Å². The number of nitro benzene ring substituents is 3. The minimum atomic E-state index is -1.53. The van der Waals surface area contributed by atoms with Gasteiger partial charge in [0.05, 0.1) is 20.5 Å².